The minimum atomic E-state index is 0.890. The van der Waals surface area contributed by atoms with Crippen molar-refractivity contribution in [2.45, 2.75) is 45.1 Å². The summed E-state index contributed by atoms with van der Waals surface area (Å²) >= 11 is 0. The van der Waals surface area contributed by atoms with E-state index in [4.69, 9.17) is 0 Å². The van der Waals surface area contributed by atoms with Crippen molar-refractivity contribution in [3.05, 3.63) is 34.9 Å². The molecular weight excluding hydrogens is 232 g/mol. The average molecular weight is 258 g/mol. The number of aryl methyl sites for hydroxylation is 2. The number of benzene rings is 1. The first-order chi connectivity index (χ1) is 9.42. The molecule has 3 rings (SSSR count). The number of nitrogens with one attached hydrogen (secondary N) is 2. The smallest absolute Gasteiger partial charge is 0.0205 e. The fraction of sp³-hybridized carbons (Fsp3) is 0.647. The molecule has 1 aliphatic heterocycles. The Kier molecular flexibility index (Phi) is 4.52. The maximum absolute atomic E-state index is 3.61. The second-order valence-electron chi connectivity index (χ2n) is 6.13. The van der Waals surface area contributed by atoms with Crippen LogP contribution in [-0.2, 0) is 19.4 Å². The topological polar surface area (TPSA) is 24.1 Å². The van der Waals surface area contributed by atoms with Crippen molar-refractivity contribution in [3.63, 3.8) is 0 Å². The van der Waals surface area contributed by atoms with Crippen LogP contribution in [-0.4, -0.2) is 19.6 Å². The first kappa shape index (κ1) is 13.1. The molecule has 1 heterocycles. The third-order valence-corrected chi connectivity index (χ3v) is 4.62. The molecule has 2 aliphatic rings. The van der Waals surface area contributed by atoms with E-state index in [2.05, 4.69) is 28.8 Å². The van der Waals surface area contributed by atoms with E-state index < -0.39 is 0 Å². The molecule has 1 unspecified atom stereocenters. The SMILES string of the molecule is c1cc2c(cc1CNCCC1CCCNC1)CCC2. The highest BCUT2D eigenvalue weighted by Crippen LogP contribution is 2.22. The summed E-state index contributed by atoms with van der Waals surface area (Å²) < 4.78 is 0. The second-order valence-corrected chi connectivity index (χ2v) is 6.13. The van der Waals surface area contributed by atoms with Crippen LogP contribution in [0, 0.1) is 5.92 Å². The molecule has 2 N–H and O–H groups in total. The van der Waals surface area contributed by atoms with Gasteiger partial charge >= 0.3 is 0 Å². The van der Waals surface area contributed by atoms with Crippen molar-refractivity contribution in [1.29, 1.82) is 0 Å². The van der Waals surface area contributed by atoms with Crippen molar-refractivity contribution in [3.8, 4) is 0 Å². The van der Waals surface area contributed by atoms with Gasteiger partial charge in [-0.2, -0.15) is 0 Å². The largest absolute Gasteiger partial charge is 0.316 e. The summed E-state index contributed by atoms with van der Waals surface area (Å²) in [5.41, 5.74) is 4.63. The van der Waals surface area contributed by atoms with Crippen molar-refractivity contribution in [1.82, 2.24) is 10.6 Å². The maximum Gasteiger partial charge on any atom is 0.0205 e. The monoisotopic (exact) mass is 258 g/mol. The van der Waals surface area contributed by atoms with Gasteiger partial charge in [0.25, 0.3) is 0 Å². The fourth-order valence-corrected chi connectivity index (χ4v) is 3.44. The minimum Gasteiger partial charge on any atom is -0.316 e. The van der Waals surface area contributed by atoms with Gasteiger partial charge in [0.15, 0.2) is 0 Å². The average Bonchev–Trinajstić information content (AvgIpc) is 2.92. The summed E-state index contributed by atoms with van der Waals surface area (Å²) in [6, 6.07) is 7.06. The van der Waals surface area contributed by atoms with Gasteiger partial charge in [-0.05, 0) is 80.8 Å². The molecule has 0 bridgehead atoms. The van der Waals surface area contributed by atoms with E-state index in [0.717, 1.165) is 19.0 Å². The molecule has 104 valence electrons. The number of piperidine rings is 1. The molecule has 0 aromatic heterocycles. The molecule has 1 saturated heterocycles. The van der Waals surface area contributed by atoms with Gasteiger partial charge in [0.2, 0.25) is 0 Å². The van der Waals surface area contributed by atoms with Gasteiger partial charge in [0, 0.05) is 6.54 Å². The lowest BCUT2D eigenvalue weighted by Crippen LogP contribution is -2.31. The highest BCUT2D eigenvalue weighted by molar-refractivity contribution is 5.35. The summed E-state index contributed by atoms with van der Waals surface area (Å²) in [4.78, 5) is 0. The van der Waals surface area contributed by atoms with Crippen LogP contribution in [0.5, 0.6) is 0 Å². The van der Waals surface area contributed by atoms with Crippen LogP contribution in [0.2, 0.25) is 0 Å². The van der Waals surface area contributed by atoms with E-state index in [-0.39, 0.29) is 0 Å². The third-order valence-electron chi connectivity index (χ3n) is 4.62. The molecular formula is C17H26N2. The predicted molar refractivity (Wildman–Crippen MR) is 80.4 cm³/mol. The zero-order valence-corrected chi connectivity index (χ0v) is 11.9. The molecule has 0 amide bonds. The summed E-state index contributed by atoms with van der Waals surface area (Å²) in [5.74, 6) is 0.890. The molecule has 1 fully saturated rings. The molecule has 1 aliphatic carbocycles. The van der Waals surface area contributed by atoms with E-state index in [1.807, 2.05) is 0 Å². The van der Waals surface area contributed by atoms with Gasteiger partial charge in [-0.15, -0.1) is 0 Å². The lowest BCUT2D eigenvalue weighted by atomic mass is 9.96. The summed E-state index contributed by atoms with van der Waals surface area (Å²) in [5, 5.41) is 7.11. The Hall–Kier alpha value is -0.860. The Morgan fingerprint density at radius 3 is 3.00 bits per heavy atom. The first-order valence-corrected chi connectivity index (χ1v) is 7.94. The molecule has 0 radical (unpaired) electrons. The van der Waals surface area contributed by atoms with Crippen molar-refractivity contribution in [2.24, 2.45) is 5.92 Å². The van der Waals surface area contributed by atoms with Gasteiger partial charge in [-0.3, -0.25) is 0 Å². The summed E-state index contributed by atoms with van der Waals surface area (Å²) in [6.45, 7) is 4.64. The number of rotatable bonds is 5. The highest BCUT2D eigenvalue weighted by Gasteiger charge is 2.12. The van der Waals surface area contributed by atoms with Crippen LogP contribution in [0.4, 0.5) is 0 Å². The van der Waals surface area contributed by atoms with E-state index in [1.54, 1.807) is 11.1 Å². The molecule has 2 heteroatoms. The number of hydrogen-bond donors (Lipinski definition) is 2. The van der Waals surface area contributed by atoms with Crippen molar-refractivity contribution < 1.29 is 0 Å². The predicted octanol–water partition coefficient (Wildman–Crippen LogP) is 2.65. The zero-order valence-electron chi connectivity index (χ0n) is 11.9. The van der Waals surface area contributed by atoms with Gasteiger partial charge in [-0.1, -0.05) is 18.2 Å². The van der Waals surface area contributed by atoms with Gasteiger partial charge in [-0.25, -0.2) is 0 Å². The molecule has 1 aromatic rings. The molecule has 2 nitrogen and oxygen atoms in total. The Morgan fingerprint density at radius 1 is 1.16 bits per heavy atom. The Labute approximate surface area is 117 Å². The van der Waals surface area contributed by atoms with Crippen LogP contribution in [0.3, 0.4) is 0 Å². The van der Waals surface area contributed by atoms with E-state index in [0.29, 0.717) is 0 Å². The van der Waals surface area contributed by atoms with Crippen molar-refractivity contribution in [2.75, 3.05) is 19.6 Å². The minimum absolute atomic E-state index is 0.890. The molecule has 0 saturated carbocycles. The van der Waals surface area contributed by atoms with Crippen LogP contribution in [0.1, 0.15) is 42.4 Å². The number of fused-ring (bicyclic) bond motifs is 1. The quantitative estimate of drug-likeness (QED) is 0.793. The van der Waals surface area contributed by atoms with Gasteiger partial charge in [0.05, 0.1) is 0 Å². The zero-order chi connectivity index (χ0) is 12.9. The molecule has 0 spiro atoms. The first-order valence-electron chi connectivity index (χ1n) is 7.94. The van der Waals surface area contributed by atoms with Crippen LogP contribution in [0.15, 0.2) is 18.2 Å². The van der Waals surface area contributed by atoms with Crippen LogP contribution in [0.25, 0.3) is 0 Å². The van der Waals surface area contributed by atoms with E-state index >= 15 is 0 Å². The maximum atomic E-state index is 3.61. The van der Waals surface area contributed by atoms with E-state index in [9.17, 15) is 0 Å². The Balaban J connectivity index is 1.40. The molecule has 19 heavy (non-hydrogen) atoms. The second kappa shape index (κ2) is 6.53. The van der Waals surface area contributed by atoms with Gasteiger partial charge in [0.1, 0.15) is 0 Å². The lowest BCUT2D eigenvalue weighted by Gasteiger charge is -2.22. The summed E-state index contributed by atoms with van der Waals surface area (Å²) in [6.07, 6.45) is 8.01. The highest BCUT2D eigenvalue weighted by atomic mass is 14.9. The summed E-state index contributed by atoms with van der Waals surface area (Å²) in [7, 11) is 0. The van der Waals surface area contributed by atoms with Crippen LogP contribution >= 0.6 is 0 Å². The molecule has 1 aromatic carbocycles. The Bertz CT molecular complexity index is 408. The lowest BCUT2D eigenvalue weighted by molar-refractivity contribution is 0.352. The van der Waals surface area contributed by atoms with Crippen LogP contribution < -0.4 is 10.6 Å². The normalized spacial score (nSPS) is 22.4. The third kappa shape index (κ3) is 3.58. The standard InChI is InChI=1S/C17H26N2/c1-4-16-7-6-15(11-17(16)5-1)13-19-10-8-14-3-2-9-18-12-14/h6-7,11,14,18-19H,1-5,8-10,12-13H2. The van der Waals surface area contributed by atoms with Gasteiger partial charge < -0.3 is 10.6 Å². The molecule has 1 atom stereocenters. The van der Waals surface area contributed by atoms with Crippen molar-refractivity contribution >= 4 is 0 Å². The Morgan fingerprint density at radius 2 is 2.11 bits per heavy atom. The van der Waals surface area contributed by atoms with E-state index in [1.165, 1.54) is 57.2 Å². The number of hydrogen-bond acceptors (Lipinski definition) is 2. The fourth-order valence-electron chi connectivity index (χ4n) is 3.44.